The van der Waals surface area contributed by atoms with Crippen molar-refractivity contribution in [2.75, 3.05) is 26.7 Å². The zero-order valence-electron chi connectivity index (χ0n) is 10.5. The zero-order valence-corrected chi connectivity index (χ0v) is 10.5. The monoisotopic (exact) mass is 236 g/mol. The van der Waals surface area contributed by atoms with E-state index >= 15 is 0 Å². The van der Waals surface area contributed by atoms with Gasteiger partial charge in [-0.05, 0) is 50.9 Å². The molecular formula is C13H20N2O2. The van der Waals surface area contributed by atoms with Crippen molar-refractivity contribution < 1.29 is 9.21 Å². The summed E-state index contributed by atoms with van der Waals surface area (Å²) >= 11 is 0. The highest BCUT2D eigenvalue weighted by molar-refractivity contribution is 5.91. The summed E-state index contributed by atoms with van der Waals surface area (Å²) in [6, 6.07) is 3.57. The van der Waals surface area contributed by atoms with E-state index in [1.807, 2.05) is 20.0 Å². The lowest BCUT2D eigenvalue weighted by atomic mass is 9.98. The molecule has 17 heavy (non-hydrogen) atoms. The maximum atomic E-state index is 12.0. The number of furan rings is 1. The Bertz CT molecular complexity index is 381. The van der Waals surface area contributed by atoms with E-state index in [2.05, 4.69) is 5.32 Å². The predicted molar refractivity (Wildman–Crippen MR) is 66.0 cm³/mol. The molecule has 1 aromatic heterocycles. The summed E-state index contributed by atoms with van der Waals surface area (Å²) in [4.78, 5) is 13.8. The van der Waals surface area contributed by atoms with Gasteiger partial charge >= 0.3 is 0 Å². The number of carbonyl (C=O) groups excluding carboxylic acids is 1. The molecule has 0 spiro atoms. The van der Waals surface area contributed by atoms with Crippen molar-refractivity contribution >= 4 is 5.91 Å². The highest BCUT2D eigenvalue weighted by Gasteiger charge is 2.20. The van der Waals surface area contributed by atoms with Gasteiger partial charge in [0.05, 0.1) is 0 Å². The van der Waals surface area contributed by atoms with Crippen LogP contribution in [0.2, 0.25) is 0 Å². The highest BCUT2D eigenvalue weighted by Crippen LogP contribution is 2.15. The number of carbonyl (C=O) groups is 1. The molecule has 1 fully saturated rings. The molecule has 1 amide bonds. The first-order chi connectivity index (χ1) is 8.16. The second kappa shape index (κ2) is 5.36. The normalized spacial score (nSPS) is 17.1. The Kier molecular flexibility index (Phi) is 3.84. The molecule has 1 aliphatic heterocycles. The molecule has 1 aromatic rings. The van der Waals surface area contributed by atoms with Crippen molar-refractivity contribution in [2.45, 2.75) is 19.8 Å². The summed E-state index contributed by atoms with van der Waals surface area (Å²) in [7, 11) is 1.85. The fraction of sp³-hybridized carbons (Fsp3) is 0.615. The molecule has 2 heterocycles. The molecule has 94 valence electrons. The fourth-order valence-electron chi connectivity index (χ4n) is 2.27. The average Bonchev–Trinajstić information content (AvgIpc) is 2.76. The van der Waals surface area contributed by atoms with Gasteiger partial charge in [-0.15, -0.1) is 0 Å². The summed E-state index contributed by atoms with van der Waals surface area (Å²) in [5.74, 6) is 1.82. The van der Waals surface area contributed by atoms with Crippen LogP contribution in [0.1, 0.15) is 29.2 Å². The molecule has 0 atom stereocenters. The second-order valence-corrected chi connectivity index (χ2v) is 4.79. The smallest absolute Gasteiger partial charge is 0.289 e. The van der Waals surface area contributed by atoms with E-state index in [1.54, 1.807) is 11.0 Å². The van der Waals surface area contributed by atoms with Gasteiger partial charge in [0.15, 0.2) is 5.76 Å². The minimum atomic E-state index is -0.0170. The van der Waals surface area contributed by atoms with Gasteiger partial charge in [0, 0.05) is 13.6 Å². The van der Waals surface area contributed by atoms with Gasteiger partial charge in [-0.3, -0.25) is 4.79 Å². The highest BCUT2D eigenvalue weighted by atomic mass is 16.3. The van der Waals surface area contributed by atoms with Gasteiger partial charge in [0.2, 0.25) is 0 Å². The number of aryl methyl sites for hydroxylation is 1. The standard InChI is InChI=1S/C13H20N2O2/c1-10-3-4-12(17-10)13(16)15(2)9-11-5-7-14-8-6-11/h3-4,11,14H,5-9H2,1-2H3. The van der Waals surface area contributed by atoms with Crippen molar-refractivity contribution in [3.8, 4) is 0 Å². The minimum absolute atomic E-state index is 0.0170. The Labute approximate surface area is 102 Å². The van der Waals surface area contributed by atoms with E-state index in [-0.39, 0.29) is 5.91 Å². The zero-order chi connectivity index (χ0) is 12.3. The third kappa shape index (κ3) is 3.09. The van der Waals surface area contributed by atoms with Crippen LogP contribution in [0.25, 0.3) is 0 Å². The molecule has 4 nitrogen and oxygen atoms in total. The van der Waals surface area contributed by atoms with Gasteiger partial charge in [0.25, 0.3) is 5.91 Å². The van der Waals surface area contributed by atoms with Crippen LogP contribution in [-0.4, -0.2) is 37.5 Å². The SMILES string of the molecule is Cc1ccc(C(=O)N(C)CC2CCNCC2)o1. The first kappa shape index (κ1) is 12.2. The molecule has 2 rings (SSSR count). The second-order valence-electron chi connectivity index (χ2n) is 4.79. The van der Waals surface area contributed by atoms with Gasteiger partial charge in [0.1, 0.15) is 5.76 Å². The fourth-order valence-corrected chi connectivity index (χ4v) is 2.27. The molecule has 0 radical (unpaired) electrons. The van der Waals surface area contributed by atoms with Gasteiger partial charge in [-0.2, -0.15) is 0 Å². The maximum absolute atomic E-state index is 12.0. The Hall–Kier alpha value is -1.29. The largest absolute Gasteiger partial charge is 0.456 e. The van der Waals surface area contributed by atoms with Crippen LogP contribution in [0.5, 0.6) is 0 Å². The lowest BCUT2D eigenvalue weighted by molar-refractivity contribution is 0.0730. The van der Waals surface area contributed by atoms with Crippen LogP contribution in [0.4, 0.5) is 0 Å². The maximum Gasteiger partial charge on any atom is 0.289 e. The van der Waals surface area contributed by atoms with Gasteiger partial charge < -0.3 is 14.6 Å². The number of hydrogen-bond acceptors (Lipinski definition) is 3. The lowest BCUT2D eigenvalue weighted by Crippen LogP contribution is -2.37. The molecular weight excluding hydrogens is 216 g/mol. The Morgan fingerprint density at radius 1 is 1.47 bits per heavy atom. The Morgan fingerprint density at radius 2 is 2.18 bits per heavy atom. The summed E-state index contributed by atoms with van der Waals surface area (Å²) in [6.45, 7) is 4.79. The molecule has 1 aliphatic rings. The van der Waals surface area contributed by atoms with Crippen molar-refractivity contribution in [3.05, 3.63) is 23.7 Å². The third-order valence-corrected chi connectivity index (χ3v) is 3.29. The lowest BCUT2D eigenvalue weighted by Gasteiger charge is -2.27. The number of nitrogens with zero attached hydrogens (tertiary/aromatic N) is 1. The van der Waals surface area contributed by atoms with E-state index in [9.17, 15) is 4.79 Å². The molecule has 0 aliphatic carbocycles. The van der Waals surface area contributed by atoms with E-state index in [0.717, 1.165) is 38.2 Å². The molecule has 1 saturated heterocycles. The predicted octanol–water partition coefficient (Wildman–Crippen LogP) is 1.66. The number of rotatable bonds is 3. The Morgan fingerprint density at radius 3 is 2.76 bits per heavy atom. The summed E-state index contributed by atoms with van der Waals surface area (Å²) in [5, 5.41) is 3.33. The molecule has 4 heteroatoms. The van der Waals surface area contributed by atoms with Gasteiger partial charge in [-0.25, -0.2) is 0 Å². The van der Waals surface area contributed by atoms with E-state index in [4.69, 9.17) is 4.42 Å². The first-order valence-corrected chi connectivity index (χ1v) is 6.19. The topological polar surface area (TPSA) is 45.5 Å². The molecule has 0 saturated carbocycles. The first-order valence-electron chi connectivity index (χ1n) is 6.19. The molecule has 0 bridgehead atoms. The van der Waals surface area contributed by atoms with Crippen LogP contribution in [0.15, 0.2) is 16.5 Å². The number of hydrogen-bond donors (Lipinski definition) is 1. The average molecular weight is 236 g/mol. The quantitative estimate of drug-likeness (QED) is 0.868. The van der Waals surface area contributed by atoms with Crippen LogP contribution >= 0.6 is 0 Å². The summed E-state index contributed by atoms with van der Waals surface area (Å²) in [5.41, 5.74) is 0. The number of nitrogens with one attached hydrogen (secondary N) is 1. The van der Waals surface area contributed by atoms with Crippen molar-refractivity contribution in [3.63, 3.8) is 0 Å². The third-order valence-electron chi connectivity index (χ3n) is 3.29. The Balaban J connectivity index is 1.90. The molecule has 1 N–H and O–H groups in total. The van der Waals surface area contributed by atoms with Crippen LogP contribution in [-0.2, 0) is 0 Å². The van der Waals surface area contributed by atoms with Crippen LogP contribution in [0.3, 0.4) is 0 Å². The number of amides is 1. The van der Waals surface area contributed by atoms with Crippen LogP contribution < -0.4 is 5.32 Å². The van der Waals surface area contributed by atoms with E-state index in [0.29, 0.717) is 11.7 Å². The van der Waals surface area contributed by atoms with E-state index < -0.39 is 0 Å². The van der Waals surface area contributed by atoms with E-state index in [1.165, 1.54) is 0 Å². The summed E-state index contributed by atoms with van der Waals surface area (Å²) in [6.07, 6.45) is 2.30. The van der Waals surface area contributed by atoms with Crippen molar-refractivity contribution in [2.24, 2.45) is 5.92 Å². The van der Waals surface area contributed by atoms with Crippen LogP contribution in [0, 0.1) is 12.8 Å². The molecule has 0 unspecified atom stereocenters. The minimum Gasteiger partial charge on any atom is -0.456 e. The number of piperidine rings is 1. The van der Waals surface area contributed by atoms with Crippen molar-refractivity contribution in [1.82, 2.24) is 10.2 Å². The molecule has 0 aromatic carbocycles. The van der Waals surface area contributed by atoms with Crippen molar-refractivity contribution in [1.29, 1.82) is 0 Å². The van der Waals surface area contributed by atoms with Gasteiger partial charge in [-0.1, -0.05) is 0 Å². The summed E-state index contributed by atoms with van der Waals surface area (Å²) < 4.78 is 5.35.